The second-order valence-electron chi connectivity index (χ2n) is 2.97. The Labute approximate surface area is 85.8 Å². The van der Waals surface area contributed by atoms with Crippen LogP contribution < -0.4 is 11.5 Å². The molecule has 1 rings (SSSR count). The Kier molecular flexibility index (Phi) is 2.54. The lowest BCUT2D eigenvalue weighted by Gasteiger charge is -2.04. The first-order valence-electron chi connectivity index (χ1n) is 3.77. The van der Waals surface area contributed by atoms with Gasteiger partial charge in [0.05, 0.1) is 15.5 Å². The Morgan fingerprint density at radius 3 is 2.27 bits per heavy atom. The highest BCUT2D eigenvalue weighted by molar-refractivity contribution is 7.90. The van der Waals surface area contributed by atoms with Gasteiger partial charge in [0.2, 0.25) is 0 Å². The van der Waals surface area contributed by atoms with Gasteiger partial charge in [0.1, 0.15) is 5.69 Å². The molecule has 4 N–H and O–H groups in total. The van der Waals surface area contributed by atoms with Crippen LogP contribution in [0.5, 0.6) is 0 Å². The number of nitrogens with zero attached hydrogens (tertiary/aromatic N) is 1. The summed E-state index contributed by atoms with van der Waals surface area (Å²) < 4.78 is 22.3. The number of rotatable bonds is 2. The highest BCUT2D eigenvalue weighted by atomic mass is 32.2. The van der Waals surface area contributed by atoms with Crippen LogP contribution in [-0.2, 0) is 9.84 Å². The Morgan fingerprint density at radius 2 is 1.87 bits per heavy atom. The van der Waals surface area contributed by atoms with Gasteiger partial charge >= 0.3 is 0 Å². The van der Waals surface area contributed by atoms with E-state index in [2.05, 4.69) is 0 Å². The quantitative estimate of drug-likeness (QED) is 0.423. The summed E-state index contributed by atoms with van der Waals surface area (Å²) in [6, 6.07) is 1.98. The molecule has 0 aliphatic rings. The van der Waals surface area contributed by atoms with E-state index in [9.17, 15) is 18.5 Å². The Morgan fingerprint density at radius 1 is 1.33 bits per heavy atom. The molecule has 0 heterocycles. The zero-order chi connectivity index (χ0) is 11.8. The number of nitrogens with two attached hydrogens (primary N) is 2. The van der Waals surface area contributed by atoms with Gasteiger partial charge in [-0.15, -0.1) is 0 Å². The molecule has 8 heteroatoms. The summed E-state index contributed by atoms with van der Waals surface area (Å²) >= 11 is 0. The van der Waals surface area contributed by atoms with Gasteiger partial charge < -0.3 is 11.5 Å². The zero-order valence-electron chi connectivity index (χ0n) is 7.80. The maximum Gasteiger partial charge on any atom is 0.295 e. The van der Waals surface area contributed by atoms with E-state index in [0.29, 0.717) is 0 Å². The fourth-order valence-electron chi connectivity index (χ4n) is 0.998. The van der Waals surface area contributed by atoms with Crippen molar-refractivity contribution in [2.24, 2.45) is 0 Å². The lowest BCUT2D eigenvalue weighted by molar-refractivity contribution is -0.384. The van der Waals surface area contributed by atoms with Crippen molar-refractivity contribution in [3.8, 4) is 0 Å². The topological polar surface area (TPSA) is 129 Å². The van der Waals surface area contributed by atoms with Crippen molar-refractivity contribution >= 4 is 26.9 Å². The predicted molar refractivity (Wildman–Crippen MR) is 55.0 cm³/mol. The van der Waals surface area contributed by atoms with E-state index >= 15 is 0 Å². The highest BCUT2D eigenvalue weighted by Crippen LogP contribution is 2.30. The molecular weight excluding hydrogens is 222 g/mol. The molecule has 0 radical (unpaired) electrons. The average molecular weight is 231 g/mol. The number of nitro benzene ring substituents is 1. The van der Waals surface area contributed by atoms with Crippen LogP contribution in [0.4, 0.5) is 17.1 Å². The van der Waals surface area contributed by atoms with Crippen molar-refractivity contribution in [2.75, 3.05) is 17.7 Å². The first kappa shape index (κ1) is 11.2. The van der Waals surface area contributed by atoms with Gasteiger partial charge in [0, 0.05) is 12.3 Å². The Hall–Kier alpha value is -1.83. The molecule has 0 saturated heterocycles. The number of nitro groups is 1. The van der Waals surface area contributed by atoms with Gasteiger partial charge in [-0.3, -0.25) is 10.1 Å². The first-order chi connectivity index (χ1) is 6.73. The third-order valence-electron chi connectivity index (χ3n) is 1.79. The normalized spacial score (nSPS) is 11.3. The molecule has 0 fully saturated rings. The number of benzene rings is 1. The van der Waals surface area contributed by atoms with E-state index in [1.807, 2.05) is 0 Å². The van der Waals surface area contributed by atoms with Crippen molar-refractivity contribution < 1.29 is 13.3 Å². The van der Waals surface area contributed by atoms with E-state index in [4.69, 9.17) is 11.5 Å². The molecule has 82 valence electrons. The Bertz CT molecular complexity index is 523. The number of hydrogen-bond donors (Lipinski definition) is 2. The van der Waals surface area contributed by atoms with E-state index in [1.165, 1.54) is 0 Å². The second-order valence-corrected chi connectivity index (χ2v) is 4.99. The smallest absolute Gasteiger partial charge is 0.295 e. The molecule has 0 aliphatic heterocycles. The summed E-state index contributed by atoms with van der Waals surface area (Å²) in [5, 5.41) is 10.5. The lowest BCUT2D eigenvalue weighted by Crippen LogP contribution is -2.05. The fourth-order valence-corrected chi connectivity index (χ4v) is 1.66. The molecular formula is C7H9N3O4S. The van der Waals surface area contributed by atoms with Crippen LogP contribution in [0.25, 0.3) is 0 Å². The molecule has 0 spiro atoms. The molecule has 0 amide bonds. The molecule has 7 nitrogen and oxygen atoms in total. The molecule has 0 bridgehead atoms. The SMILES string of the molecule is CS(=O)(=O)c1cc(N)c(N)c([N+](=O)[O-])c1. The summed E-state index contributed by atoms with van der Waals surface area (Å²) in [6.07, 6.45) is 0.932. The molecule has 0 atom stereocenters. The number of sulfone groups is 1. The Balaban J connectivity index is 3.57. The average Bonchev–Trinajstić information content (AvgIpc) is 2.06. The summed E-state index contributed by atoms with van der Waals surface area (Å²) in [7, 11) is -3.54. The number of nitrogen functional groups attached to an aromatic ring is 2. The molecule has 0 saturated carbocycles. The van der Waals surface area contributed by atoms with E-state index in [-0.39, 0.29) is 16.3 Å². The molecule has 0 unspecified atom stereocenters. The maximum atomic E-state index is 11.2. The molecule has 1 aromatic carbocycles. The van der Waals surface area contributed by atoms with Crippen molar-refractivity contribution in [3.05, 3.63) is 22.2 Å². The summed E-state index contributed by atoms with van der Waals surface area (Å²) in [6.45, 7) is 0. The van der Waals surface area contributed by atoms with Crippen molar-refractivity contribution in [1.82, 2.24) is 0 Å². The van der Waals surface area contributed by atoms with Crippen LogP contribution in [0.3, 0.4) is 0 Å². The van der Waals surface area contributed by atoms with Crippen molar-refractivity contribution in [3.63, 3.8) is 0 Å². The number of anilines is 2. The van der Waals surface area contributed by atoms with Gasteiger partial charge in [-0.05, 0) is 6.07 Å². The molecule has 1 aromatic rings. The van der Waals surface area contributed by atoms with Gasteiger partial charge in [0.15, 0.2) is 9.84 Å². The number of hydrogen-bond acceptors (Lipinski definition) is 6. The lowest BCUT2D eigenvalue weighted by atomic mass is 10.2. The largest absolute Gasteiger partial charge is 0.397 e. The summed E-state index contributed by atoms with van der Waals surface area (Å²) in [4.78, 5) is 9.53. The van der Waals surface area contributed by atoms with Crippen molar-refractivity contribution in [2.45, 2.75) is 4.90 Å². The van der Waals surface area contributed by atoms with Crippen LogP contribution in [0.1, 0.15) is 0 Å². The monoisotopic (exact) mass is 231 g/mol. The minimum atomic E-state index is -3.54. The van der Waals surface area contributed by atoms with Crippen molar-refractivity contribution in [1.29, 1.82) is 0 Å². The summed E-state index contributed by atoms with van der Waals surface area (Å²) in [5.41, 5.74) is 9.84. The predicted octanol–water partition coefficient (Wildman–Crippen LogP) is 0.163. The minimum absolute atomic E-state index is 0.121. The van der Waals surface area contributed by atoms with Crippen LogP contribution in [-0.4, -0.2) is 19.6 Å². The van der Waals surface area contributed by atoms with E-state index in [1.54, 1.807) is 0 Å². The third-order valence-corrected chi connectivity index (χ3v) is 2.88. The van der Waals surface area contributed by atoms with Crippen LogP contribution in [0.15, 0.2) is 17.0 Å². The minimum Gasteiger partial charge on any atom is -0.397 e. The van der Waals surface area contributed by atoms with Crippen LogP contribution >= 0.6 is 0 Å². The van der Waals surface area contributed by atoms with Gasteiger partial charge in [-0.25, -0.2) is 8.42 Å². The van der Waals surface area contributed by atoms with Gasteiger partial charge in [-0.2, -0.15) is 0 Å². The van der Waals surface area contributed by atoms with Crippen LogP contribution in [0, 0.1) is 10.1 Å². The van der Waals surface area contributed by atoms with Crippen LogP contribution in [0.2, 0.25) is 0 Å². The first-order valence-corrected chi connectivity index (χ1v) is 5.66. The standard InChI is InChI=1S/C7H9N3O4S/c1-15(13,14)4-2-5(8)7(9)6(3-4)10(11)12/h2-3H,8-9H2,1H3. The highest BCUT2D eigenvalue weighted by Gasteiger charge is 2.19. The molecule has 0 aromatic heterocycles. The molecule has 0 aliphatic carbocycles. The van der Waals surface area contributed by atoms with Gasteiger partial charge in [0.25, 0.3) is 5.69 Å². The third kappa shape index (κ3) is 2.15. The van der Waals surface area contributed by atoms with E-state index < -0.39 is 20.4 Å². The molecule has 15 heavy (non-hydrogen) atoms. The van der Waals surface area contributed by atoms with Gasteiger partial charge in [-0.1, -0.05) is 0 Å². The fraction of sp³-hybridized carbons (Fsp3) is 0.143. The maximum absolute atomic E-state index is 11.2. The van der Waals surface area contributed by atoms with E-state index in [0.717, 1.165) is 18.4 Å². The second kappa shape index (κ2) is 3.39. The summed E-state index contributed by atoms with van der Waals surface area (Å²) in [5.74, 6) is 0. The zero-order valence-corrected chi connectivity index (χ0v) is 8.61.